The standard InChI is InChI=1S/Fe.Na.H2O4S/c;;1-5(2,3)4/h;;(H2,1,2,3,4)/q+2;;/p-2. The van der Waals surface area contributed by atoms with E-state index < -0.39 is 10.4 Å². The molecular weight excluding hydrogens is 175 g/mol. The molecular formula is FeNaO4S. The van der Waals surface area contributed by atoms with E-state index in [9.17, 15) is 0 Å². The molecule has 0 saturated heterocycles. The monoisotopic (exact) mass is 175 g/mol. The molecule has 0 aliphatic heterocycles. The van der Waals surface area contributed by atoms with E-state index in [1.165, 1.54) is 0 Å². The van der Waals surface area contributed by atoms with Crippen molar-refractivity contribution in [1.29, 1.82) is 0 Å². The van der Waals surface area contributed by atoms with Crippen LogP contribution in [0.25, 0.3) is 0 Å². The molecule has 4 nitrogen and oxygen atoms in total. The molecule has 0 fully saturated rings. The first-order chi connectivity index (χ1) is 2.00. The second kappa shape index (κ2) is 5.52. The molecule has 0 unspecified atom stereocenters. The summed E-state index contributed by atoms with van der Waals surface area (Å²) in [5.41, 5.74) is 0. The van der Waals surface area contributed by atoms with Gasteiger partial charge in [-0.1, -0.05) is 0 Å². The van der Waals surface area contributed by atoms with Crippen LogP contribution in [-0.4, -0.2) is 47.1 Å². The zero-order chi connectivity index (χ0) is 4.50. The van der Waals surface area contributed by atoms with E-state index in [2.05, 4.69) is 0 Å². The van der Waals surface area contributed by atoms with Gasteiger partial charge in [-0.05, 0) is 0 Å². The van der Waals surface area contributed by atoms with E-state index >= 15 is 0 Å². The first kappa shape index (κ1) is 15.8. The Morgan fingerprint density at radius 3 is 1.14 bits per heavy atom. The van der Waals surface area contributed by atoms with E-state index in [0.717, 1.165) is 0 Å². The average Bonchev–Trinajstić information content (AvgIpc) is 0.722. The first-order valence-corrected chi connectivity index (χ1v) is 2.00. The maximum atomic E-state index is 8.52. The van der Waals surface area contributed by atoms with Crippen molar-refractivity contribution in [1.82, 2.24) is 0 Å². The molecule has 0 heterocycles. The summed E-state index contributed by atoms with van der Waals surface area (Å²) in [5, 5.41) is 0. The van der Waals surface area contributed by atoms with Gasteiger partial charge in [-0.25, -0.2) is 0 Å². The number of hydrogen-bond donors (Lipinski definition) is 0. The molecule has 0 aliphatic carbocycles. The van der Waals surface area contributed by atoms with Crippen molar-refractivity contribution in [3.05, 3.63) is 0 Å². The second-order valence-electron chi connectivity index (χ2n) is 0.408. The molecule has 0 spiro atoms. The fourth-order valence-corrected chi connectivity index (χ4v) is 0. The molecule has 7 heteroatoms. The molecule has 0 rings (SSSR count). The predicted octanol–water partition coefficient (Wildman–Crippen LogP) is -1.72. The van der Waals surface area contributed by atoms with Crippen LogP contribution in [0.4, 0.5) is 0 Å². The quantitative estimate of drug-likeness (QED) is 0.249. The summed E-state index contributed by atoms with van der Waals surface area (Å²) in [7, 11) is -5.17. The van der Waals surface area contributed by atoms with Crippen molar-refractivity contribution in [3.8, 4) is 0 Å². The number of rotatable bonds is 0. The fourth-order valence-electron chi connectivity index (χ4n) is 0. The molecule has 1 radical (unpaired) electrons. The van der Waals surface area contributed by atoms with Gasteiger partial charge in [-0.15, -0.1) is 0 Å². The summed E-state index contributed by atoms with van der Waals surface area (Å²) in [6.07, 6.45) is 0. The summed E-state index contributed by atoms with van der Waals surface area (Å²) in [5.74, 6) is 0. The molecule has 0 atom stereocenters. The summed E-state index contributed by atoms with van der Waals surface area (Å²) in [6, 6.07) is 0. The van der Waals surface area contributed by atoms with Crippen molar-refractivity contribution in [3.63, 3.8) is 0 Å². The summed E-state index contributed by atoms with van der Waals surface area (Å²) in [6.45, 7) is 0. The van der Waals surface area contributed by atoms with Gasteiger partial charge >= 0.3 is 17.1 Å². The normalized spacial score (nSPS) is 8.29. The van der Waals surface area contributed by atoms with Crippen molar-refractivity contribution in [2.24, 2.45) is 0 Å². The molecule has 0 aromatic rings. The Labute approximate surface area is 74.0 Å². The van der Waals surface area contributed by atoms with Gasteiger partial charge < -0.3 is 9.11 Å². The maximum Gasteiger partial charge on any atom is 2.00 e. The van der Waals surface area contributed by atoms with Crippen LogP contribution in [0.1, 0.15) is 0 Å². The van der Waals surface area contributed by atoms with Crippen molar-refractivity contribution in [2.75, 3.05) is 0 Å². The molecule has 7 heavy (non-hydrogen) atoms. The number of hydrogen-bond acceptors (Lipinski definition) is 4. The van der Waals surface area contributed by atoms with E-state index in [-0.39, 0.29) is 46.6 Å². The van der Waals surface area contributed by atoms with E-state index in [0.29, 0.717) is 0 Å². The molecule has 0 amide bonds. The Kier molecular flexibility index (Phi) is 12.4. The minimum Gasteiger partial charge on any atom is -0.759 e. The Morgan fingerprint density at radius 2 is 1.14 bits per heavy atom. The van der Waals surface area contributed by atoms with Crippen LogP contribution < -0.4 is 0 Å². The van der Waals surface area contributed by atoms with Crippen molar-refractivity contribution >= 4 is 40.0 Å². The van der Waals surface area contributed by atoms with Crippen molar-refractivity contribution < 1.29 is 34.6 Å². The first-order valence-electron chi connectivity index (χ1n) is 0.667. The van der Waals surface area contributed by atoms with E-state index in [1.807, 2.05) is 0 Å². The van der Waals surface area contributed by atoms with Gasteiger partial charge in [0.2, 0.25) is 0 Å². The molecule has 0 aromatic heterocycles. The van der Waals surface area contributed by atoms with Gasteiger partial charge in [0.05, 0.1) is 0 Å². The third kappa shape index (κ3) is 111. The average molecular weight is 175 g/mol. The van der Waals surface area contributed by atoms with Gasteiger partial charge in [0, 0.05) is 40.0 Å². The third-order valence-electron chi connectivity index (χ3n) is 0. The summed E-state index contributed by atoms with van der Waals surface area (Å²) >= 11 is 0. The predicted molar refractivity (Wildman–Crippen MR) is 16.2 cm³/mol. The molecule has 0 aromatic carbocycles. The Balaban J connectivity index is -0.0000000800. The van der Waals surface area contributed by atoms with Gasteiger partial charge in [0.1, 0.15) is 0 Å². The minimum absolute atomic E-state index is 0. The van der Waals surface area contributed by atoms with Gasteiger partial charge in [0.15, 0.2) is 0 Å². The Bertz CT molecular complexity index is 94.9. The van der Waals surface area contributed by atoms with E-state index in [1.54, 1.807) is 0 Å². The Hall–Kier alpha value is 1.39. The molecule has 0 bridgehead atoms. The smallest absolute Gasteiger partial charge is 0.759 e. The van der Waals surface area contributed by atoms with Crippen LogP contribution >= 0.6 is 0 Å². The maximum absolute atomic E-state index is 8.52. The zero-order valence-corrected chi connectivity index (χ0v) is 7.32. The Morgan fingerprint density at radius 1 is 1.14 bits per heavy atom. The molecule has 0 N–H and O–H groups in total. The third-order valence-corrected chi connectivity index (χ3v) is 0. The van der Waals surface area contributed by atoms with Gasteiger partial charge in [-0.2, -0.15) is 0 Å². The van der Waals surface area contributed by atoms with Crippen LogP contribution in [0.2, 0.25) is 0 Å². The van der Waals surface area contributed by atoms with Crippen LogP contribution in [0.5, 0.6) is 0 Å². The van der Waals surface area contributed by atoms with E-state index in [4.69, 9.17) is 17.5 Å². The molecule has 0 saturated carbocycles. The molecule has 39 valence electrons. The molecule has 0 aliphatic rings. The topological polar surface area (TPSA) is 80.3 Å². The zero-order valence-electron chi connectivity index (χ0n) is 3.39. The minimum atomic E-state index is -5.17. The van der Waals surface area contributed by atoms with Crippen LogP contribution in [0, 0.1) is 0 Å². The van der Waals surface area contributed by atoms with Gasteiger partial charge in [0.25, 0.3) is 0 Å². The second-order valence-corrected chi connectivity index (χ2v) is 1.22. The summed E-state index contributed by atoms with van der Waals surface area (Å²) < 4.78 is 34.1. The SMILES string of the molecule is O=S(=O)([O-])[O-].[Fe+2].[Na]. The fraction of sp³-hybridized carbons (Fsp3) is 0. The van der Waals surface area contributed by atoms with Crippen LogP contribution in [-0.2, 0) is 27.5 Å². The van der Waals surface area contributed by atoms with Crippen molar-refractivity contribution in [2.45, 2.75) is 0 Å². The largest absolute Gasteiger partial charge is 2.00 e. The summed E-state index contributed by atoms with van der Waals surface area (Å²) in [4.78, 5) is 0. The van der Waals surface area contributed by atoms with Crippen LogP contribution in [0.15, 0.2) is 0 Å². The van der Waals surface area contributed by atoms with Crippen LogP contribution in [0.3, 0.4) is 0 Å². The van der Waals surface area contributed by atoms with Gasteiger partial charge in [-0.3, -0.25) is 8.42 Å².